The van der Waals surface area contributed by atoms with E-state index in [1.807, 2.05) is 11.3 Å². The molecule has 3 rings (SSSR count). The standard InChI is InChI=1S/C15H25N3S/c1-14(2)12(15(14,3)4)11-10-19-13(16-11)18-8-6-17(5)7-9-18/h10,12H,6-9H2,1-5H3. The first-order valence-electron chi connectivity index (χ1n) is 7.23. The SMILES string of the molecule is CN1CCN(c2nc(C3C(C)(C)C3(C)C)cs2)CC1. The minimum atomic E-state index is 0.389. The number of hydrogen-bond acceptors (Lipinski definition) is 4. The Morgan fingerprint density at radius 3 is 2.21 bits per heavy atom. The third kappa shape index (κ3) is 2.00. The Bertz CT molecular complexity index is 455. The molecule has 0 atom stereocenters. The third-order valence-electron chi connectivity index (χ3n) is 5.60. The monoisotopic (exact) mass is 279 g/mol. The zero-order valence-corrected chi connectivity index (χ0v) is 13.5. The van der Waals surface area contributed by atoms with Crippen LogP contribution in [0.15, 0.2) is 5.38 Å². The maximum Gasteiger partial charge on any atom is 0.185 e. The molecular weight excluding hydrogens is 254 g/mol. The van der Waals surface area contributed by atoms with Gasteiger partial charge in [-0.1, -0.05) is 27.7 Å². The summed E-state index contributed by atoms with van der Waals surface area (Å²) >= 11 is 1.82. The molecular formula is C15H25N3S. The second kappa shape index (κ2) is 4.19. The normalized spacial score (nSPS) is 26.7. The van der Waals surface area contributed by atoms with Gasteiger partial charge in [-0.15, -0.1) is 11.3 Å². The van der Waals surface area contributed by atoms with Crippen LogP contribution in [-0.2, 0) is 0 Å². The lowest BCUT2D eigenvalue weighted by Crippen LogP contribution is -2.44. The van der Waals surface area contributed by atoms with Gasteiger partial charge in [-0.05, 0) is 17.9 Å². The predicted octanol–water partition coefficient (Wildman–Crippen LogP) is 3.04. The molecule has 1 aromatic rings. The Morgan fingerprint density at radius 1 is 1.11 bits per heavy atom. The molecule has 19 heavy (non-hydrogen) atoms. The van der Waals surface area contributed by atoms with Crippen LogP contribution in [0.3, 0.4) is 0 Å². The van der Waals surface area contributed by atoms with Crippen LogP contribution >= 0.6 is 11.3 Å². The average molecular weight is 279 g/mol. The maximum absolute atomic E-state index is 4.94. The van der Waals surface area contributed by atoms with Crippen molar-refractivity contribution in [1.29, 1.82) is 0 Å². The van der Waals surface area contributed by atoms with Gasteiger partial charge in [-0.2, -0.15) is 0 Å². The van der Waals surface area contributed by atoms with Crippen molar-refractivity contribution < 1.29 is 0 Å². The smallest absolute Gasteiger partial charge is 0.185 e. The van der Waals surface area contributed by atoms with Crippen LogP contribution in [-0.4, -0.2) is 43.1 Å². The highest BCUT2D eigenvalue weighted by atomic mass is 32.1. The van der Waals surface area contributed by atoms with E-state index >= 15 is 0 Å². The summed E-state index contributed by atoms with van der Waals surface area (Å²) < 4.78 is 0. The Morgan fingerprint density at radius 2 is 1.68 bits per heavy atom. The van der Waals surface area contributed by atoms with Gasteiger partial charge >= 0.3 is 0 Å². The zero-order chi connectivity index (χ0) is 13.8. The van der Waals surface area contributed by atoms with Gasteiger partial charge in [0.1, 0.15) is 0 Å². The van der Waals surface area contributed by atoms with Gasteiger partial charge in [0.25, 0.3) is 0 Å². The summed E-state index contributed by atoms with van der Waals surface area (Å²) in [4.78, 5) is 9.77. The third-order valence-corrected chi connectivity index (χ3v) is 6.52. The molecule has 1 aromatic heterocycles. The van der Waals surface area contributed by atoms with E-state index in [9.17, 15) is 0 Å². The summed E-state index contributed by atoms with van der Waals surface area (Å²) in [5.41, 5.74) is 2.09. The minimum Gasteiger partial charge on any atom is -0.346 e. The molecule has 3 nitrogen and oxygen atoms in total. The first-order chi connectivity index (χ1) is 8.84. The highest BCUT2D eigenvalue weighted by Gasteiger charge is 2.66. The van der Waals surface area contributed by atoms with Gasteiger partial charge < -0.3 is 9.80 Å². The second-order valence-corrected chi connectivity index (χ2v) is 8.06. The van der Waals surface area contributed by atoms with E-state index in [-0.39, 0.29) is 0 Å². The molecule has 0 spiro atoms. The molecule has 2 fully saturated rings. The molecule has 1 aliphatic heterocycles. The molecule has 0 radical (unpaired) electrons. The fraction of sp³-hybridized carbons (Fsp3) is 0.800. The molecule has 4 heteroatoms. The van der Waals surface area contributed by atoms with Crippen molar-refractivity contribution in [3.63, 3.8) is 0 Å². The second-order valence-electron chi connectivity index (χ2n) is 7.22. The summed E-state index contributed by atoms with van der Waals surface area (Å²) in [6.45, 7) is 14.0. The van der Waals surface area contributed by atoms with Crippen LogP contribution in [0.1, 0.15) is 39.3 Å². The predicted molar refractivity (Wildman–Crippen MR) is 82.1 cm³/mol. The molecule has 0 unspecified atom stereocenters. The highest BCUT2D eigenvalue weighted by Crippen LogP contribution is 2.73. The van der Waals surface area contributed by atoms with Gasteiger partial charge in [0.05, 0.1) is 5.69 Å². The van der Waals surface area contributed by atoms with Crippen LogP contribution in [0.4, 0.5) is 5.13 Å². The quantitative estimate of drug-likeness (QED) is 0.829. The molecule has 0 amide bonds. The summed E-state index contributed by atoms with van der Waals surface area (Å²) in [5, 5.41) is 3.51. The minimum absolute atomic E-state index is 0.389. The van der Waals surface area contributed by atoms with Crippen molar-refractivity contribution in [3.8, 4) is 0 Å². The highest BCUT2D eigenvalue weighted by molar-refractivity contribution is 7.13. The van der Waals surface area contributed by atoms with Gasteiger partial charge in [-0.25, -0.2) is 4.98 Å². The van der Waals surface area contributed by atoms with Gasteiger partial charge in [0.2, 0.25) is 0 Å². The van der Waals surface area contributed by atoms with Crippen molar-refractivity contribution >= 4 is 16.5 Å². The number of likely N-dealkylation sites (N-methyl/N-ethyl adjacent to an activating group) is 1. The lowest BCUT2D eigenvalue weighted by molar-refractivity contribution is 0.312. The lowest BCUT2D eigenvalue weighted by atomic mass is 10.0. The number of rotatable bonds is 2. The summed E-state index contributed by atoms with van der Waals surface area (Å²) in [7, 11) is 2.19. The number of aromatic nitrogens is 1. The van der Waals surface area contributed by atoms with Gasteiger partial charge in [-0.3, -0.25) is 0 Å². The Labute approximate surface area is 120 Å². The summed E-state index contributed by atoms with van der Waals surface area (Å²) in [6, 6.07) is 0. The van der Waals surface area contributed by atoms with Crippen molar-refractivity contribution in [3.05, 3.63) is 11.1 Å². The first-order valence-corrected chi connectivity index (χ1v) is 8.11. The van der Waals surface area contributed by atoms with E-state index in [1.165, 1.54) is 10.8 Å². The number of hydrogen-bond donors (Lipinski definition) is 0. The molecule has 2 aliphatic rings. The lowest BCUT2D eigenvalue weighted by Gasteiger charge is -2.32. The molecule has 0 bridgehead atoms. The number of thiazole rings is 1. The van der Waals surface area contributed by atoms with Crippen molar-refractivity contribution in [2.75, 3.05) is 38.1 Å². The van der Waals surface area contributed by atoms with E-state index in [2.05, 4.69) is 49.9 Å². The van der Waals surface area contributed by atoms with E-state index < -0.39 is 0 Å². The molecule has 0 N–H and O–H groups in total. The zero-order valence-electron chi connectivity index (χ0n) is 12.7. The van der Waals surface area contributed by atoms with Crippen molar-refractivity contribution in [1.82, 2.24) is 9.88 Å². The topological polar surface area (TPSA) is 19.4 Å². The maximum atomic E-state index is 4.94. The molecule has 2 heterocycles. The molecule has 0 aromatic carbocycles. The fourth-order valence-electron chi connectivity index (χ4n) is 3.49. The molecule has 1 saturated heterocycles. The van der Waals surface area contributed by atoms with Crippen LogP contribution in [0, 0.1) is 10.8 Å². The van der Waals surface area contributed by atoms with E-state index in [0.717, 1.165) is 26.2 Å². The van der Waals surface area contributed by atoms with Crippen LogP contribution < -0.4 is 4.90 Å². The molecule has 1 saturated carbocycles. The first kappa shape index (κ1) is 13.4. The summed E-state index contributed by atoms with van der Waals surface area (Å²) in [5.74, 6) is 0.623. The average Bonchev–Trinajstić information content (AvgIpc) is 2.71. The van der Waals surface area contributed by atoms with Gasteiger partial charge in [0, 0.05) is 37.5 Å². The Kier molecular flexibility index (Phi) is 2.95. The van der Waals surface area contributed by atoms with Crippen LogP contribution in [0.5, 0.6) is 0 Å². The Balaban J connectivity index is 1.75. The largest absolute Gasteiger partial charge is 0.346 e. The number of nitrogens with zero attached hydrogens (tertiary/aromatic N) is 3. The van der Waals surface area contributed by atoms with Crippen molar-refractivity contribution in [2.24, 2.45) is 10.8 Å². The van der Waals surface area contributed by atoms with E-state index in [4.69, 9.17) is 4.98 Å². The van der Waals surface area contributed by atoms with Crippen LogP contribution in [0.2, 0.25) is 0 Å². The fourth-order valence-corrected chi connectivity index (χ4v) is 4.39. The summed E-state index contributed by atoms with van der Waals surface area (Å²) in [6.07, 6.45) is 0. The van der Waals surface area contributed by atoms with Gasteiger partial charge in [0.15, 0.2) is 5.13 Å². The van der Waals surface area contributed by atoms with Crippen molar-refractivity contribution in [2.45, 2.75) is 33.6 Å². The Hall–Kier alpha value is -0.610. The number of anilines is 1. The number of piperazine rings is 1. The van der Waals surface area contributed by atoms with E-state index in [1.54, 1.807) is 0 Å². The molecule has 1 aliphatic carbocycles. The van der Waals surface area contributed by atoms with Crippen LogP contribution in [0.25, 0.3) is 0 Å². The van der Waals surface area contributed by atoms with E-state index in [0.29, 0.717) is 16.7 Å². The molecule has 106 valence electrons.